The van der Waals surface area contributed by atoms with Gasteiger partial charge < -0.3 is 19.9 Å². The lowest BCUT2D eigenvalue weighted by Gasteiger charge is -2.29. The summed E-state index contributed by atoms with van der Waals surface area (Å²) in [4.78, 5) is 53.0. The van der Waals surface area contributed by atoms with E-state index in [1.54, 1.807) is 9.80 Å². The summed E-state index contributed by atoms with van der Waals surface area (Å²) in [5, 5.41) is 2.40. The van der Waals surface area contributed by atoms with Crippen LogP contribution < -0.4 is 5.32 Å². The Morgan fingerprint density at radius 2 is 1.89 bits per heavy atom. The summed E-state index contributed by atoms with van der Waals surface area (Å²) < 4.78 is 5.84. The van der Waals surface area contributed by atoms with Crippen LogP contribution >= 0.6 is 0 Å². The predicted octanol–water partition coefficient (Wildman–Crippen LogP) is -0.433. The van der Waals surface area contributed by atoms with Gasteiger partial charge in [0, 0.05) is 19.6 Å². The van der Waals surface area contributed by atoms with Gasteiger partial charge in [0.2, 0.25) is 11.8 Å². The number of fused-ring (bicyclic) bond motifs is 1. The van der Waals surface area contributed by atoms with Gasteiger partial charge in [0.25, 0.3) is 5.91 Å². The lowest BCUT2D eigenvalue weighted by atomic mass is 10.1. The van der Waals surface area contributed by atoms with Crippen molar-refractivity contribution in [2.75, 3.05) is 32.8 Å². The summed E-state index contributed by atoms with van der Waals surface area (Å²) in [6.45, 7) is 1.06. The highest BCUT2D eigenvalue weighted by molar-refractivity contribution is 6.04. The molecule has 1 aromatic rings. The molecule has 9 nitrogen and oxygen atoms in total. The number of carbonyl (C=O) groups is 4. The average Bonchev–Trinajstić information content (AvgIpc) is 3.21. The van der Waals surface area contributed by atoms with Crippen LogP contribution in [-0.4, -0.2) is 83.4 Å². The molecule has 0 saturated carbocycles. The summed E-state index contributed by atoms with van der Waals surface area (Å²) in [5.41, 5.74) is 1.01. The molecule has 3 saturated heterocycles. The number of benzene rings is 1. The number of amides is 5. The van der Waals surface area contributed by atoms with Crippen LogP contribution in [0.4, 0.5) is 4.79 Å². The third kappa shape index (κ3) is 3.57. The molecule has 2 atom stereocenters. The van der Waals surface area contributed by atoms with Crippen molar-refractivity contribution in [2.24, 2.45) is 0 Å². The maximum atomic E-state index is 12.7. The molecule has 5 amide bonds. The number of nitrogens with one attached hydrogen (secondary N) is 1. The molecule has 0 bridgehead atoms. The Hall–Kier alpha value is -2.94. The van der Waals surface area contributed by atoms with Gasteiger partial charge in [-0.05, 0) is 5.56 Å². The second-order valence-electron chi connectivity index (χ2n) is 7.17. The molecule has 0 aromatic heterocycles. The predicted molar refractivity (Wildman–Crippen MR) is 96.8 cm³/mol. The first-order chi connectivity index (χ1) is 13.5. The fraction of sp³-hybridized carbons (Fsp3) is 0.474. The van der Waals surface area contributed by atoms with Gasteiger partial charge in [0.05, 0.1) is 31.7 Å². The Balaban J connectivity index is 1.47. The minimum Gasteiger partial charge on any atom is -0.374 e. The summed E-state index contributed by atoms with van der Waals surface area (Å²) in [6, 6.07) is 8.90. The Morgan fingerprint density at radius 1 is 1.11 bits per heavy atom. The van der Waals surface area contributed by atoms with E-state index < -0.39 is 11.9 Å². The van der Waals surface area contributed by atoms with Crippen LogP contribution in [0.2, 0.25) is 0 Å². The average molecular weight is 386 g/mol. The van der Waals surface area contributed by atoms with Crippen molar-refractivity contribution in [3.63, 3.8) is 0 Å². The molecule has 148 valence electrons. The van der Waals surface area contributed by atoms with E-state index in [-0.39, 0.29) is 37.0 Å². The molecule has 4 rings (SSSR count). The zero-order valence-electron chi connectivity index (χ0n) is 15.4. The second-order valence-corrected chi connectivity index (χ2v) is 7.17. The van der Waals surface area contributed by atoms with Crippen molar-refractivity contribution >= 4 is 23.8 Å². The van der Waals surface area contributed by atoms with Crippen molar-refractivity contribution in [2.45, 2.75) is 25.1 Å². The van der Waals surface area contributed by atoms with Gasteiger partial charge in [-0.1, -0.05) is 30.3 Å². The Morgan fingerprint density at radius 3 is 2.61 bits per heavy atom. The molecule has 1 N–H and O–H groups in total. The van der Waals surface area contributed by atoms with Crippen LogP contribution in [0.25, 0.3) is 0 Å². The number of ether oxygens (including phenoxy) is 1. The molecule has 3 heterocycles. The van der Waals surface area contributed by atoms with Crippen LogP contribution in [0.1, 0.15) is 12.0 Å². The molecule has 0 spiro atoms. The summed E-state index contributed by atoms with van der Waals surface area (Å²) in [6.07, 6.45) is 0.0400. The Bertz CT molecular complexity index is 783. The molecule has 0 unspecified atom stereocenters. The topological polar surface area (TPSA) is 99.3 Å². The maximum Gasteiger partial charge on any atom is 0.325 e. The van der Waals surface area contributed by atoms with Crippen molar-refractivity contribution in [1.29, 1.82) is 0 Å². The number of hydrogen-bond acceptors (Lipinski definition) is 5. The highest BCUT2D eigenvalue weighted by atomic mass is 16.5. The summed E-state index contributed by atoms with van der Waals surface area (Å²) in [7, 11) is 0. The largest absolute Gasteiger partial charge is 0.374 e. The third-order valence-corrected chi connectivity index (χ3v) is 5.38. The van der Waals surface area contributed by atoms with Gasteiger partial charge >= 0.3 is 6.03 Å². The highest BCUT2D eigenvalue weighted by Gasteiger charge is 2.43. The number of likely N-dealkylation sites (tertiary alicyclic amines) is 1. The van der Waals surface area contributed by atoms with Crippen molar-refractivity contribution in [3.05, 3.63) is 35.9 Å². The summed E-state index contributed by atoms with van der Waals surface area (Å²) >= 11 is 0. The van der Waals surface area contributed by atoms with Crippen LogP contribution in [0.3, 0.4) is 0 Å². The molecule has 28 heavy (non-hydrogen) atoms. The van der Waals surface area contributed by atoms with Crippen LogP contribution in [0.15, 0.2) is 30.3 Å². The van der Waals surface area contributed by atoms with Gasteiger partial charge in [-0.3, -0.25) is 19.3 Å². The van der Waals surface area contributed by atoms with E-state index >= 15 is 0 Å². The van der Waals surface area contributed by atoms with E-state index in [2.05, 4.69) is 5.32 Å². The van der Waals surface area contributed by atoms with E-state index in [9.17, 15) is 19.2 Å². The standard InChI is InChI=1S/C19H22N4O5/c24-16-6-7-28-15-11-21(18(26)12-23-17(25)8-20-19(23)27)10-14(15)22(16)9-13-4-2-1-3-5-13/h1-5,14-15H,6-12H2,(H,20,27)/t14-,15-/m0/s1. The normalized spacial score (nSPS) is 25.0. The SMILES string of the molecule is O=C(CN1C(=O)CNC1=O)N1C[C@@H]2OCCC(=O)N(Cc3ccccc3)[C@H]2C1. The lowest BCUT2D eigenvalue weighted by molar-refractivity contribution is -0.137. The zero-order chi connectivity index (χ0) is 19.7. The first-order valence-electron chi connectivity index (χ1n) is 9.34. The fourth-order valence-corrected chi connectivity index (χ4v) is 3.89. The van der Waals surface area contributed by atoms with E-state index in [1.807, 2.05) is 30.3 Å². The molecular weight excluding hydrogens is 364 g/mol. The zero-order valence-corrected chi connectivity index (χ0v) is 15.4. The number of carbonyl (C=O) groups excluding carboxylic acids is 4. The van der Waals surface area contributed by atoms with E-state index in [4.69, 9.17) is 4.74 Å². The third-order valence-electron chi connectivity index (χ3n) is 5.38. The molecule has 3 aliphatic heterocycles. The van der Waals surface area contributed by atoms with Crippen LogP contribution in [0, 0.1) is 0 Å². The molecule has 0 radical (unpaired) electrons. The first kappa shape index (κ1) is 18.4. The lowest BCUT2D eigenvalue weighted by Crippen LogP contribution is -2.46. The van der Waals surface area contributed by atoms with Crippen molar-refractivity contribution in [3.8, 4) is 0 Å². The monoisotopic (exact) mass is 386 g/mol. The molecule has 0 aliphatic carbocycles. The minimum absolute atomic E-state index is 0.000231. The first-order valence-corrected chi connectivity index (χ1v) is 9.34. The molecule has 3 fully saturated rings. The van der Waals surface area contributed by atoms with Gasteiger partial charge in [-0.15, -0.1) is 0 Å². The number of imide groups is 1. The maximum absolute atomic E-state index is 12.7. The smallest absolute Gasteiger partial charge is 0.325 e. The Labute approximate surface area is 162 Å². The molecule has 3 aliphatic rings. The van der Waals surface area contributed by atoms with Crippen LogP contribution in [-0.2, 0) is 25.7 Å². The van der Waals surface area contributed by atoms with Gasteiger partial charge in [0.1, 0.15) is 6.54 Å². The number of hydrogen-bond donors (Lipinski definition) is 1. The van der Waals surface area contributed by atoms with Gasteiger partial charge in [-0.25, -0.2) is 4.79 Å². The van der Waals surface area contributed by atoms with E-state index in [0.29, 0.717) is 32.7 Å². The van der Waals surface area contributed by atoms with Crippen molar-refractivity contribution in [1.82, 2.24) is 20.0 Å². The Kier molecular flexibility index (Phi) is 4.99. The molecular formula is C19H22N4O5. The number of urea groups is 1. The summed E-state index contributed by atoms with van der Waals surface area (Å²) in [5.74, 6) is -0.738. The fourth-order valence-electron chi connectivity index (χ4n) is 3.89. The van der Waals surface area contributed by atoms with Gasteiger partial charge in [-0.2, -0.15) is 0 Å². The van der Waals surface area contributed by atoms with Gasteiger partial charge in [0.15, 0.2) is 0 Å². The second kappa shape index (κ2) is 7.59. The minimum atomic E-state index is -0.552. The molecule has 9 heteroatoms. The van der Waals surface area contributed by atoms with Crippen molar-refractivity contribution < 1.29 is 23.9 Å². The highest BCUT2D eigenvalue weighted by Crippen LogP contribution is 2.25. The van der Waals surface area contributed by atoms with E-state index in [1.165, 1.54) is 0 Å². The quantitative estimate of drug-likeness (QED) is 0.708. The number of rotatable bonds is 4. The van der Waals surface area contributed by atoms with E-state index in [0.717, 1.165) is 10.5 Å². The van der Waals surface area contributed by atoms with Crippen LogP contribution in [0.5, 0.6) is 0 Å². The molecule has 1 aromatic carbocycles. The number of nitrogens with zero attached hydrogens (tertiary/aromatic N) is 3.